The first-order valence-corrected chi connectivity index (χ1v) is 8.63. The van der Waals surface area contributed by atoms with Crippen LogP contribution in [0.3, 0.4) is 0 Å². The highest BCUT2D eigenvalue weighted by atomic mass is 19.1. The van der Waals surface area contributed by atoms with E-state index in [-0.39, 0.29) is 31.4 Å². The average molecular weight is 403 g/mol. The van der Waals surface area contributed by atoms with Crippen LogP contribution in [0.15, 0.2) is 30.3 Å². The van der Waals surface area contributed by atoms with Gasteiger partial charge in [0.25, 0.3) is 5.91 Å². The van der Waals surface area contributed by atoms with Gasteiger partial charge in [-0.25, -0.2) is 8.78 Å². The van der Waals surface area contributed by atoms with Crippen LogP contribution in [-0.2, 0) is 9.59 Å². The molecule has 2 aliphatic heterocycles. The Labute approximate surface area is 163 Å². The van der Waals surface area contributed by atoms with Gasteiger partial charge in [0.05, 0.1) is 17.2 Å². The SMILES string of the molecule is NC(=O)c1cc(NC(=O)C2CC(=O)N(c3ccc4c(c3)OCO4)C2)c(F)cc1F. The van der Waals surface area contributed by atoms with Gasteiger partial charge in [-0.05, 0) is 18.2 Å². The van der Waals surface area contributed by atoms with Gasteiger partial charge in [-0.3, -0.25) is 14.4 Å². The van der Waals surface area contributed by atoms with Gasteiger partial charge in [-0.15, -0.1) is 0 Å². The van der Waals surface area contributed by atoms with E-state index in [4.69, 9.17) is 15.2 Å². The van der Waals surface area contributed by atoms with Crippen LogP contribution in [-0.4, -0.2) is 31.1 Å². The number of benzene rings is 2. The third-order valence-corrected chi connectivity index (χ3v) is 4.74. The van der Waals surface area contributed by atoms with Crippen LogP contribution in [0, 0.1) is 17.6 Å². The van der Waals surface area contributed by atoms with Gasteiger partial charge in [0.15, 0.2) is 11.5 Å². The van der Waals surface area contributed by atoms with Crippen molar-refractivity contribution in [1.82, 2.24) is 0 Å². The first-order valence-electron chi connectivity index (χ1n) is 8.63. The number of carbonyl (C=O) groups excluding carboxylic acids is 3. The largest absolute Gasteiger partial charge is 0.454 e. The molecule has 1 fully saturated rings. The Morgan fingerprint density at radius 2 is 1.86 bits per heavy atom. The normalized spacial score (nSPS) is 17.5. The lowest BCUT2D eigenvalue weighted by atomic mass is 10.1. The fraction of sp³-hybridized carbons (Fsp3) is 0.211. The zero-order valence-corrected chi connectivity index (χ0v) is 14.9. The van der Waals surface area contributed by atoms with E-state index in [9.17, 15) is 23.2 Å². The Bertz CT molecular complexity index is 1040. The lowest BCUT2D eigenvalue weighted by Crippen LogP contribution is -2.28. The van der Waals surface area contributed by atoms with E-state index in [0.717, 1.165) is 6.07 Å². The summed E-state index contributed by atoms with van der Waals surface area (Å²) >= 11 is 0. The molecule has 1 saturated heterocycles. The second-order valence-electron chi connectivity index (χ2n) is 6.61. The number of nitrogens with two attached hydrogens (primary N) is 1. The van der Waals surface area contributed by atoms with Crippen LogP contribution in [0.4, 0.5) is 20.2 Å². The number of hydrogen-bond donors (Lipinski definition) is 2. The first-order chi connectivity index (χ1) is 13.8. The predicted molar refractivity (Wildman–Crippen MR) is 96.5 cm³/mol. The molecule has 29 heavy (non-hydrogen) atoms. The summed E-state index contributed by atoms with van der Waals surface area (Å²) in [7, 11) is 0. The molecular weight excluding hydrogens is 388 g/mol. The number of nitrogens with one attached hydrogen (secondary N) is 1. The molecule has 1 unspecified atom stereocenters. The van der Waals surface area contributed by atoms with E-state index in [0.29, 0.717) is 23.3 Å². The van der Waals surface area contributed by atoms with E-state index in [1.165, 1.54) is 4.90 Å². The number of anilines is 2. The quantitative estimate of drug-likeness (QED) is 0.809. The minimum Gasteiger partial charge on any atom is -0.454 e. The standard InChI is InChI=1S/C19H15F2N3O5/c20-12-6-13(21)14(5-11(12)18(22)26)23-19(27)9-3-17(25)24(7-9)10-1-2-15-16(4-10)29-8-28-15/h1-2,4-6,9H,3,7-8H2,(H2,22,26)(H,23,27). The second-order valence-corrected chi connectivity index (χ2v) is 6.61. The van der Waals surface area contributed by atoms with E-state index in [1.807, 2.05) is 0 Å². The maximum absolute atomic E-state index is 14.0. The van der Waals surface area contributed by atoms with Crippen molar-refractivity contribution in [2.45, 2.75) is 6.42 Å². The van der Waals surface area contributed by atoms with Crippen molar-refractivity contribution in [3.8, 4) is 11.5 Å². The Kier molecular flexibility index (Phi) is 4.53. The van der Waals surface area contributed by atoms with Crippen molar-refractivity contribution in [3.63, 3.8) is 0 Å². The average Bonchev–Trinajstić information content (AvgIpc) is 3.29. The minimum absolute atomic E-state index is 0.0653. The maximum atomic E-state index is 14.0. The van der Waals surface area contributed by atoms with Crippen molar-refractivity contribution in [3.05, 3.63) is 47.5 Å². The van der Waals surface area contributed by atoms with E-state index < -0.39 is 34.9 Å². The molecule has 4 rings (SSSR count). The van der Waals surface area contributed by atoms with Gasteiger partial charge < -0.3 is 25.4 Å². The van der Waals surface area contributed by atoms with Gasteiger partial charge in [0.1, 0.15) is 11.6 Å². The predicted octanol–water partition coefficient (Wildman–Crippen LogP) is 1.78. The molecule has 8 nitrogen and oxygen atoms in total. The molecule has 0 bridgehead atoms. The molecular formula is C19H15F2N3O5. The highest BCUT2D eigenvalue weighted by molar-refractivity contribution is 6.04. The Balaban J connectivity index is 1.50. The topological polar surface area (TPSA) is 111 Å². The highest BCUT2D eigenvalue weighted by Crippen LogP contribution is 2.37. The molecule has 0 saturated carbocycles. The molecule has 2 heterocycles. The number of rotatable bonds is 4. The van der Waals surface area contributed by atoms with Gasteiger partial charge in [0, 0.05) is 30.8 Å². The molecule has 0 aromatic heterocycles. The Morgan fingerprint density at radius 3 is 2.62 bits per heavy atom. The van der Waals surface area contributed by atoms with Crippen LogP contribution in [0.1, 0.15) is 16.8 Å². The molecule has 2 aromatic carbocycles. The fourth-order valence-electron chi connectivity index (χ4n) is 3.25. The van der Waals surface area contributed by atoms with Crippen LogP contribution in [0.25, 0.3) is 0 Å². The molecule has 1 atom stereocenters. The lowest BCUT2D eigenvalue weighted by molar-refractivity contribution is -0.122. The number of hydrogen-bond acceptors (Lipinski definition) is 5. The molecule has 0 aliphatic carbocycles. The summed E-state index contributed by atoms with van der Waals surface area (Å²) in [6, 6.07) is 6.27. The second kappa shape index (κ2) is 7.04. The number of ether oxygens (including phenoxy) is 2. The van der Waals surface area contributed by atoms with Crippen molar-refractivity contribution < 1.29 is 32.6 Å². The Morgan fingerprint density at radius 1 is 1.10 bits per heavy atom. The maximum Gasteiger partial charge on any atom is 0.251 e. The van der Waals surface area contributed by atoms with E-state index in [2.05, 4.69) is 5.32 Å². The number of primary amides is 1. The molecule has 10 heteroatoms. The molecule has 0 radical (unpaired) electrons. The van der Waals surface area contributed by atoms with Crippen molar-refractivity contribution in [1.29, 1.82) is 0 Å². The zero-order chi connectivity index (χ0) is 20.7. The number of carbonyl (C=O) groups is 3. The van der Waals surface area contributed by atoms with Crippen LogP contribution in [0.2, 0.25) is 0 Å². The minimum atomic E-state index is -1.13. The summed E-state index contributed by atoms with van der Waals surface area (Å²) < 4.78 is 38.1. The summed E-state index contributed by atoms with van der Waals surface area (Å²) in [6.45, 7) is 0.157. The van der Waals surface area contributed by atoms with Crippen LogP contribution >= 0.6 is 0 Å². The lowest BCUT2D eigenvalue weighted by Gasteiger charge is -2.17. The molecule has 2 aliphatic rings. The summed E-state index contributed by atoms with van der Waals surface area (Å²) in [4.78, 5) is 37.6. The summed E-state index contributed by atoms with van der Waals surface area (Å²) in [5, 5.41) is 2.30. The monoisotopic (exact) mass is 403 g/mol. The molecule has 3 N–H and O–H groups in total. The Hall–Kier alpha value is -3.69. The molecule has 3 amide bonds. The van der Waals surface area contributed by atoms with Gasteiger partial charge in [-0.2, -0.15) is 0 Å². The van der Waals surface area contributed by atoms with Crippen LogP contribution in [0.5, 0.6) is 11.5 Å². The fourth-order valence-corrected chi connectivity index (χ4v) is 3.25. The number of halogens is 2. The third-order valence-electron chi connectivity index (χ3n) is 4.74. The summed E-state index contributed by atoms with van der Waals surface area (Å²) in [5.41, 5.74) is 4.64. The van der Waals surface area contributed by atoms with Crippen molar-refractivity contribution in [2.24, 2.45) is 11.7 Å². The van der Waals surface area contributed by atoms with E-state index >= 15 is 0 Å². The van der Waals surface area contributed by atoms with Crippen molar-refractivity contribution >= 4 is 29.1 Å². The summed E-state index contributed by atoms with van der Waals surface area (Å²) in [6.07, 6.45) is -0.0915. The first kappa shape index (κ1) is 18.7. The molecule has 0 spiro atoms. The molecule has 2 aromatic rings. The smallest absolute Gasteiger partial charge is 0.251 e. The van der Waals surface area contributed by atoms with Gasteiger partial charge in [0.2, 0.25) is 18.6 Å². The third kappa shape index (κ3) is 3.44. The van der Waals surface area contributed by atoms with Crippen LogP contribution < -0.4 is 25.4 Å². The van der Waals surface area contributed by atoms with Gasteiger partial charge in [-0.1, -0.05) is 0 Å². The van der Waals surface area contributed by atoms with Gasteiger partial charge >= 0.3 is 0 Å². The number of fused-ring (bicyclic) bond motifs is 1. The van der Waals surface area contributed by atoms with E-state index in [1.54, 1.807) is 18.2 Å². The molecule has 150 valence electrons. The highest BCUT2D eigenvalue weighted by Gasteiger charge is 2.36. The zero-order valence-electron chi connectivity index (χ0n) is 14.9. The van der Waals surface area contributed by atoms with Crippen molar-refractivity contribution in [2.75, 3.05) is 23.6 Å². The number of nitrogens with zero attached hydrogens (tertiary/aromatic N) is 1. The summed E-state index contributed by atoms with van der Waals surface area (Å²) in [5.74, 6) is -3.92. The number of amides is 3.